The second-order valence-electron chi connectivity index (χ2n) is 6.43. The average molecular weight is 388 g/mol. The predicted molar refractivity (Wildman–Crippen MR) is 104 cm³/mol. The molecule has 0 fully saturated rings. The molecule has 0 spiro atoms. The molecular formula is C19H22ClN5O2. The predicted octanol–water partition coefficient (Wildman–Crippen LogP) is 3.72. The van der Waals surface area contributed by atoms with E-state index in [9.17, 15) is 4.79 Å². The number of aromatic nitrogens is 4. The number of nitrogens with zero attached hydrogens (tertiary/aromatic N) is 4. The number of aryl methyl sites for hydroxylation is 4. The lowest BCUT2D eigenvalue weighted by molar-refractivity contribution is -0.116. The third kappa shape index (κ3) is 5.10. The lowest BCUT2D eigenvalue weighted by Gasteiger charge is -2.09. The van der Waals surface area contributed by atoms with Crippen molar-refractivity contribution in [3.63, 3.8) is 0 Å². The van der Waals surface area contributed by atoms with Crippen LogP contribution in [0.1, 0.15) is 23.2 Å². The summed E-state index contributed by atoms with van der Waals surface area (Å²) in [5.74, 6) is 0.698. The Kier molecular flexibility index (Phi) is 5.81. The first kappa shape index (κ1) is 19.0. The molecule has 3 rings (SSSR count). The number of nitrogens with one attached hydrogen (secondary N) is 1. The summed E-state index contributed by atoms with van der Waals surface area (Å²) < 4.78 is 9.07. The standard InChI is InChI=1S/C19H22ClN5O2/c1-13-4-5-18(14(2)8-13)27-12-25-10-16(9-21-25)22-19(26)6-7-24-11-17(20)15(3)23-24/h4-5,8-11H,6-7,12H2,1-3H3,(H,22,26). The molecule has 0 atom stereocenters. The smallest absolute Gasteiger partial charge is 0.226 e. The molecule has 142 valence electrons. The SMILES string of the molecule is Cc1ccc(OCn2cc(NC(=O)CCn3cc(Cl)c(C)n3)cn2)c(C)c1. The zero-order valence-corrected chi connectivity index (χ0v) is 16.3. The molecule has 7 nitrogen and oxygen atoms in total. The average Bonchev–Trinajstić information content (AvgIpc) is 3.19. The number of carbonyl (C=O) groups is 1. The fraction of sp³-hybridized carbons (Fsp3) is 0.316. The van der Waals surface area contributed by atoms with E-state index in [1.165, 1.54) is 5.56 Å². The van der Waals surface area contributed by atoms with E-state index in [0.717, 1.165) is 17.0 Å². The van der Waals surface area contributed by atoms with Crippen molar-refractivity contribution in [1.29, 1.82) is 0 Å². The van der Waals surface area contributed by atoms with Crippen LogP contribution in [-0.2, 0) is 18.1 Å². The summed E-state index contributed by atoms with van der Waals surface area (Å²) in [6.07, 6.45) is 5.34. The highest BCUT2D eigenvalue weighted by Gasteiger charge is 2.08. The van der Waals surface area contributed by atoms with Gasteiger partial charge in [-0.2, -0.15) is 10.2 Å². The van der Waals surface area contributed by atoms with Gasteiger partial charge in [-0.15, -0.1) is 0 Å². The van der Waals surface area contributed by atoms with Gasteiger partial charge < -0.3 is 10.1 Å². The Labute approximate surface area is 162 Å². The van der Waals surface area contributed by atoms with Gasteiger partial charge in [0.1, 0.15) is 5.75 Å². The Morgan fingerprint density at radius 2 is 2.04 bits per heavy atom. The van der Waals surface area contributed by atoms with Gasteiger partial charge in [0, 0.05) is 19.2 Å². The summed E-state index contributed by atoms with van der Waals surface area (Å²) in [6.45, 7) is 6.61. The van der Waals surface area contributed by atoms with Crippen molar-refractivity contribution >= 4 is 23.2 Å². The van der Waals surface area contributed by atoms with E-state index in [2.05, 4.69) is 21.6 Å². The number of hydrogen-bond donors (Lipinski definition) is 1. The van der Waals surface area contributed by atoms with Crippen LogP contribution < -0.4 is 10.1 Å². The summed E-state index contributed by atoms with van der Waals surface area (Å²) in [7, 11) is 0. The summed E-state index contributed by atoms with van der Waals surface area (Å²) in [4.78, 5) is 12.1. The van der Waals surface area contributed by atoms with Crippen LogP contribution in [0.15, 0.2) is 36.8 Å². The third-order valence-electron chi connectivity index (χ3n) is 4.05. The van der Waals surface area contributed by atoms with Gasteiger partial charge in [-0.05, 0) is 32.4 Å². The van der Waals surface area contributed by atoms with Gasteiger partial charge in [0.05, 0.1) is 28.8 Å². The van der Waals surface area contributed by atoms with E-state index in [-0.39, 0.29) is 12.6 Å². The van der Waals surface area contributed by atoms with Crippen LogP contribution in [0, 0.1) is 20.8 Å². The Hall–Kier alpha value is -2.80. The van der Waals surface area contributed by atoms with Crippen LogP contribution in [0.4, 0.5) is 5.69 Å². The number of anilines is 1. The molecular weight excluding hydrogens is 366 g/mol. The largest absolute Gasteiger partial charge is 0.471 e. The van der Waals surface area contributed by atoms with Crippen molar-refractivity contribution in [2.24, 2.45) is 0 Å². The van der Waals surface area contributed by atoms with Crippen molar-refractivity contribution < 1.29 is 9.53 Å². The first-order chi connectivity index (χ1) is 12.9. The molecule has 0 radical (unpaired) electrons. The number of hydrogen-bond acceptors (Lipinski definition) is 4. The maximum atomic E-state index is 12.1. The van der Waals surface area contributed by atoms with E-state index in [0.29, 0.717) is 23.7 Å². The highest BCUT2D eigenvalue weighted by atomic mass is 35.5. The Morgan fingerprint density at radius 1 is 1.22 bits per heavy atom. The van der Waals surface area contributed by atoms with Crippen molar-refractivity contribution in [2.45, 2.75) is 40.5 Å². The van der Waals surface area contributed by atoms with E-state index in [1.807, 2.05) is 32.9 Å². The molecule has 0 aliphatic carbocycles. The molecule has 0 saturated heterocycles. The maximum absolute atomic E-state index is 12.1. The third-order valence-corrected chi connectivity index (χ3v) is 4.43. The molecule has 2 aromatic heterocycles. The summed E-state index contributed by atoms with van der Waals surface area (Å²) in [6, 6.07) is 6.02. The number of ether oxygens (including phenoxy) is 1. The number of rotatable bonds is 7. The summed E-state index contributed by atoms with van der Waals surface area (Å²) in [5, 5.41) is 11.9. The summed E-state index contributed by atoms with van der Waals surface area (Å²) >= 11 is 5.96. The number of carbonyl (C=O) groups excluding carboxylic acids is 1. The van der Waals surface area contributed by atoms with E-state index < -0.39 is 0 Å². The minimum absolute atomic E-state index is 0.117. The van der Waals surface area contributed by atoms with Crippen LogP contribution in [0.3, 0.4) is 0 Å². The Balaban J connectivity index is 1.49. The zero-order chi connectivity index (χ0) is 19.4. The fourth-order valence-electron chi connectivity index (χ4n) is 2.64. The molecule has 2 heterocycles. The van der Waals surface area contributed by atoms with E-state index in [1.54, 1.807) is 28.0 Å². The molecule has 1 N–H and O–H groups in total. The van der Waals surface area contributed by atoms with E-state index in [4.69, 9.17) is 16.3 Å². The highest BCUT2D eigenvalue weighted by molar-refractivity contribution is 6.31. The van der Waals surface area contributed by atoms with Gasteiger partial charge in [0.25, 0.3) is 0 Å². The monoisotopic (exact) mass is 387 g/mol. The molecule has 1 amide bonds. The minimum Gasteiger partial charge on any atom is -0.471 e. The van der Waals surface area contributed by atoms with Gasteiger partial charge in [0.2, 0.25) is 5.91 Å². The van der Waals surface area contributed by atoms with Gasteiger partial charge in [-0.3, -0.25) is 9.48 Å². The van der Waals surface area contributed by atoms with Crippen LogP contribution >= 0.6 is 11.6 Å². The lowest BCUT2D eigenvalue weighted by atomic mass is 10.1. The summed E-state index contributed by atoms with van der Waals surface area (Å²) in [5.41, 5.74) is 3.64. The molecule has 1 aromatic carbocycles. The van der Waals surface area contributed by atoms with Crippen LogP contribution in [0.25, 0.3) is 0 Å². The van der Waals surface area contributed by atoms with Gasteiger partial charge >= 0.3 is 0 Å². The molecule has 0 saturated carbocycles. The van der Waals surface area contributed by atoms with Gasteiger partial charge in [-0.25, -0.2) is 4.68 Å². The number of benzene rings is 1. The molecule has 0 unspecified atom stereocenters. The van der Waals surface area contributed by atoms with Crippen LogP contribution in [-0.4, -0.2) is 25.5 Å². The molecule has 0 aliphatic heterocycles. The molecule has 27 heavy (non-hydrogen) atoms. The quantitative estimate of drug-likeness (QED) is 0.670. The maximum Gasteiger partial charge on any atom is 0.226 e. The van der Waals surface area contributed by atoms with Gasteiger partial charge in [0.15, 0.2) is 6.73 Å². The van der Waals surface area contributed by atoms with Crippen molar-refractivity contribution in [2.75, 3.05) is 5.32 Å². The molecule has 0 bridgehead atoms. The van der Waals surface area contributed by atoms with Crippen molar-refractivity contribution in [3.8, 4) is 5.75 Å². The zero-order valence-electron chi connectivity index (χ0n) is 15.6. The van der Waals surface area contributed by atoms with Crippen molar-refractivity contribution in [1.82, 2.24) is 19.6 Å². The molecule has 8 heteroatoms. The first-order valence-corrected chi connectivity index (χ1v) is 9.00. The second kappa shape index (κ2) is 8.26. The number of amides is 1. The van der Waals surface area contributed by atoms with Crippen molar-refractivity contribution in [3.05, 3.63) is 58.6 Å². The first-order valence-electron chi connectivity index (χ1n) is 8.62. The van der Waals surface area contributed by atoms with Crippen LogP contribution in [0.2, 0.25) is 5.02 Å². The fourth-order valence-corrected chi connectivity index (χ4v) is 2.79. The van der Waals surface area contributed by atoms with E-state index >= 15 is 0 Å². The topological polar surface area (TPSA) is 74.0 Å². The Morgan fingerprint density at radius 3 is 2.74 bits per heavy atom. The molecule has 3 aromatic rings. The highest BCUT2D eigenvalue weighted by Crippen LogP contribution is 2.19. The lowest BCUT2D eigenvalue weighted by Crippen LogP contribution is -2.14. The second-order valence-corrected chi connectivity index (χ2v) is 6.84. The number of halogens is 1. The van der Waals surface area contributed by atoms with Crippen LogP contribution in [0.5, 0.6) is 5.75 Å². The normalized spacial score (nSPS) is 10.8. The van der Waals surface area contributed by atoms with Gasteiger partial charge in [-0.1, -0.05) is 29.3 Å². The molecule has 0 aliphatic rings. The Bertz CT molecular complexity index is 928. The minimum atomic E-state index is -0.117.